The number of aromatic nitrogens is 2. The fourth-order valence-electron chi connectivity index (χ4n) is 3.83. The topological polar surface area (TPSA) is 75.1 Å². The lowest BCUT2D eigenvalue weighted by molar-refractivity contribution is -0.304. The maximum Gasteiger partial charge on any atom is 0.131 e. The summed E-state index contributed by atoms with van der Waals surface area (Å²) in [6.07, 6.45) is 6.72. The van der Waals surface area contributed by atoms with Crippen molar-refractivity contribution in [1.29, 1.82) is 0 Å². The van der Waals surface area contributed by atoms with Gasteiger partial charge in [0.15, 0.2) is 0 Å². The molecule has 0 aliphatic carbocycles. The van der Waals surface area contributed by atoms with Crippen LogP contribution in [0.15, 0.2) is 24.5 Å². The lowest BCUT2D eigenvalue weighted by Crippen LogP contribution is -2.32. The number of nitrogens with zero attached hydrogens (tertiary/aromatic N) is 2. The zero-order chi connectivity index (χ0) is 20.1. The van der Waals surface area contributed by atoms with E-state index in [0.29, 0.717) is 11.4 Å². The molecular formula is C23H25N2O3-. The van der Waals surface area contributed by atoms with E-state index in [2.05, 4.69) is 54.7 Å². The van der Waals surface area contributed by atoms with Crippen LogP contribution < -0.4 is 9.84 Å². The molecule has 1 aliphatic rings. The third-order valence-corrected chi connectivity index (χ3v) is 5.71. The van der Waals surface area contributed by atoms with Gasteiger partial charge in [-0.3, -0.25) is 4.98 Å². The first-order valence-corrected chi connectivity index (χ1v) is 9.84. The van der Waals surface area contributed by atoms with E-state index >= 15 is 0 Å². The third kappa shape index (κ3) is 4.01. The summed E-state index contributed by atoms with van der Waals surface area (Å²) < 4.78 is 5.96. The molecule has 0 spiro atoms. The van der Waals surface area contributed by atoms with Gasteiger partial charge in [0, 0.05) is 28.9 Å². The van der Waals surface area contributed by atoms with Crippen LogP contribution in [0.25, 0.3) is 0 Å². The van der Waals surface area contributed by atoms with Gasteiger partial charge in [0.2, 0.25) is 0 Å². The Morgan fingerprint density at radius 3 is 2.57 bits per heavy atom. The Hall–Kier alpha value is -2.87. The molecule has 1 aromatic heterocycles. The summed E-state index contributed by atoms with van der Waals surface area (Å²) in [6.45, 7) is 7.34. The van der Waals surface area contributed by atoms with Gasteiger partial charge in [0.1, 0.15) is 11.4 Å². The van der Waals surface area contributed by atoms with Crippen LogP contribution in [0.5, 0.6) is 5.75 Å². The van der Waals surface area contributed by atoms with Crippen molar-refractivity contribution in [1.82, 2.24) is 9.97 Å². The molecule has 28 heavy (non-hydrogen) atoms. The molecule has 146 valence electrons. The van der Waals surface area contributed by atoms with Crippen molar-refractivity contribution in [3.05, 3.63) is 52.6 Å². The maximum absolute atomic E-state index is 10.6. The number of carbonyl (C=O) groups excluding carboxylic acids is 1. The van der Waals surface area contributed by atoms with Gasteiger partial charge in [-0.2, -0.15) is 0 Å². The van der Waals surface area contributed by atoms with Gasteiger partial charge >= 0.3 is 0 Å². The minimum atomic E-state index is -1.17. The minimum absolute atomic E-state index is 0.141. The molecule has 0 radical (unpaired) electrons. The van der Waals surface area contributed by atoms with Gasteiger partial charge in [-0.05, 0) is 49.3 Å². The summed E-state index contributed by atoms with van der Waals surface area (Å²) in [5, 5.41) is 10.6. The second kappa shape index (κ2) is 8.43. The van der Waals surface area contributed by atoms with Gasteiger partial charge in [0.25, 0.3) is 0 Å². The molecule has 5 heteroatoms. The predicted molar refractivity (Wildman–Crippen MR) is 105 cm³/mol. The van der Waals surface area contributed by atoms with E-state index in [9.17, 15) is 9.90 Å². The van der Waals surface area contributed by atoms with Gasteiger partial charge in [0.05, 0.1) is 24.7 Å². The van der Waals surface area contributed by atoms with Crippen molar-refractivity contribution < 1.29 is 14.6 Å². The molecule has 1 aliphatic heterocycles. The van der Waals surface area contributed by atoms with E-state index in [1.165, 1.54) is 18.0 Å². The van der Waals surface area contributed by atoms with Crippen molar-refractivity contribution in [2.75, 3.05) is 6.61 Å². The molecule has 0 atom stereocenters. The summed E-state index contributed by atoms with van der Waals surface area (Å²) in [4.78, 5) is 18.9. The van der Waals surface area contributed by atoms with Crippen molar-refractivity contribution in [2.45, 2.75) is 58.3 Å². The number of benzene rings is 1. The van der Waals surface area contributed by atoms with Crippen molar-refractivity contribution in [3.8, 4) is 17.6 Å². The number of aryl methyl sites for hydroxylation is 1. The molecule has 1 aromatic carbocycles. The molecule has 0 saturated heterocycles. The highest BCUT2D eigenvalue weighted by atomic mass is 16.5. The Morgan fingerprint density at radius 1 is 1.18 bits per heavy atom. The first-order chi connectivity index (χ1) is 13.5. The number of hydrogen-bond acceptors (Lipinski definition) is 5. The second-order valence-electron chi connectivity index (χ2n) is 7.14. The van der Waals surface area contributed by atoms with E-state index in [4.69, 9.17) is 4.74 Å². The van der Waals surface area contributed by atoms with E-state index in [-0.39, 0.29) is 11.8 Å². The molecule has 0 fully saturated rings. The fourth-order valence-corrected chi connectivity index (χ4v) is 3.83. The van der Waals surface area contributed by atoms with E-state index < -0.39 is 5.97 Å². The van der Waals surface area contributed by atoms with Crippen molar-refractivity contribution in [3.63, 3.8) is 0 Å². The Labute approximate surface area is 166 Å². The van der Waals surface area contributed by atoms with Crippen LogP contribution >= 0.6 is 0 Å². The standard InChI is InChI=1S/C23H26N2O3/c1-4-16-12-21-20(23(5-2,6-3)9-10-28-21)11-17(16)7-8-18-14-25-19(15-24-18)13-22(26)27/h11-12,14-15H,4-6,9-10,13H2,1-3H3,(H,26,27)/p-1. The van der Waals surface area contributed by atoms with Crippen LogP contribution in [-0.2, 0) is 23.1 Å². The zero-order valence-corrected chi connectivity index (χ0v) is 16.7. The van der Waals surface area contributed by atoms with Gasteiger partial charge in [-0.25, -0.2) is 4.98 Å². The van der Waals surface area contributed by atoms with Crippen LogP contribution in [0.3, 0.4) is 0 Å². The predicted octanol–water partition coefficient (Wildman–Crippen LogP) is 2.57. The largest absolute Gasteiger partial charge is 0.550 e. The van der Waals surface area contributed by atoms with Crippen LogP contribution in [0.1, 0.15) is 68.1 Å². The molecule has 0 N–H and O–H groups in total. The number of carboxylic acid groups (broad SMARTS) is 1. The summed E-state index contributed by atoms with van der Waals surface area (Å²) in [7, 11) is 0. The summed E-state index contributed by atoms with van der Waals surface area (Å²) in [6, 6.07) is 4.32. The SMILES string of the molecule is CCc1cc2c(cc1C#Cc1cnc(CC(=O)[O-])cn1)C(CC)(CC)CCO2. The Bertz CT molecular complexity index is 919. The highest BCUT2D eigenvalue weighted by Gasteiger charge is 2.35. The molecule has 2 aromatic rings. The van der Waals surface area contributed by atoms with Gasteiger partial charge in [-0.15, -0.1) is 0 Å². The van der Waals surface area contributed by atoms with Crippen molar-refractivity contribution in [2.24, 2.45) is 0 Å². The van der Waals surface area contributed by atoms with E-state index in [0.717, 1.165) is 49.2 Å². The number of fused-ring (bicyclic) bond motifs is 1. The van der Waals surface area contributed by atoms with E-state index in [1.807, 2.05) is 0 Å². The Kier molecular flexibility index (Phi) is 5.99. The van der Waals surface area contributed by atoms with Crippen LogP contribution in [0, 0.1) is 11.8 Å². The summed E-state index contributed by atoms with van der Waals surface area (Å²) in [5.41, 5.74) is 4.40. The monoisotopic (exact) mass is 377 g/mol. The first kappa shape index (κ1) is 19.9. The summed E-state index contributed by atoms with van der Waals surface area (Å²) in [5.74, 6) is 6.11. The molecule has 0 amide bonds. The molecular weight excluding hydrogens is 352 g/mol. The van der Waals surface area contributed by atoms with Gasteiger partial charge in [-0.1, -0.05) is 26.7 Å². The van der Waals surface area contributed by atoms with Crippen LogP contribution in [-0.4, -0.2) is 22.5 Å². The molecule has 0 saturated carbocycles. The zero-order valence-electron chi connectivity index (χ0n) is 16.7. The molecule has 5 nitrogen and oxygen atoms in total. The first-order valence-electron chi connectivity index (χ1n) is 9.84. The summed E-state index contributed by atoms with van der Waals surface area (Å²) >= 11 is 0. The maximum atomic E-state index is 10.6. The highest BCUT2D eigenvalue weighted by Crippen LogP contribution is 2.44. The average Bonchev–Trinajstić information content (AvgIpc) is 2.71. The second-order valence-corrected chi connectivity index (χ2v) is 7.14. The van der Waals surface area contributed by atoms with Crippen LogP contribution in [0.4, 0.5) is 0 Å². The molecule has 0 bridgehead atoms. The lowest BCUT2D eigenvalue weighted by atomic mass is 9.71. The number of carboxylic acids is 1. The van der Waals surface area contributed by atoms with Gasteiger partial charge < -0.3 is 14.6 Å². The quantitative estimate of drug-likeness (QED) is 0.749. The molecule has 2 heterocycles. The number of rotatable bonds is 5. The number of carbonyl (C=O) groups is 1. The van der Waals surface area contributed by atoms with Crippen LogP contribution in [0.2, 0.25) is 0 Å². The van der Waals surface area contributed by atoms with E-state index in [1.54, 1.807) is 0 Å². The normalized spacial score (nSPS) is 14.4. The number of aliphatic carboxylic acids is 1. The molecule has 3 rings (SSSR count). The lowest BCUT2D eigenvalue weighted by Gasteiger charge is -2.38. The Balaban J connectivity index is 1.97. The smallest absolute Gasteiger partial charge is 0.131 e. The Morgan fingerprint density at radius 2 is 1.96 bits per heavy atom. The highest BCUT2D eigenvalue weighted by molar-refractivity contribution is 5.67. The number of ether oxygens (including phenoxy) is 1. The fraction of sp³-hybridized carbons (Fsp3) is 0.435. The third-order valence-electron chi connectivity index (χ3n) is 5.71. The van der Waals surface area contributed by atoms with Crippen molar-refractivity contribution >= 4 is 5.97 Å². The molecule has 0 unspecified atom stereocenters. The average molecular weight is 377 g/mol. The number of hydrogen-bond donors (Lipinski definition) is 0. The minimum Gasteiger partial charge on any atom is -0.550 e.